The molecule has 44 heavy (non-hydrogen) atoms. The van der Waals surface area contributed by atoms with Gasteiger partial charge in [-0.2, -0.15) is 0 Å². The normalized spacial score (nSPS) is 18.4. The Morgan fingerprint density at radius 1 is 1.00 bits per heavy atom. The largest absolute Gasteiger partial charge is 0.445 e. The van der Waals surface area contributed by atoms with Crippen LogP contribution in [-0.4, -0.2) is 80.9 Å². The zero-order chi connectivity index (χ0) is 32.4. The van der Waals surface area contributed by atoms with Crippen LogP contribution in [0, 0.1) is 0 Å². The molecule has 5 atom stereocenters. The number of carbonyl (C=O) groups is 5. The Labute approximate surface area is 265 Å². The van der Waals surface area contributed by atoms with E-state index in [9.17, 15) is 29.1 Å². The summed E-state index contributed by atoms with van der Waals surface area (Å²) in [6.07, 6.45) is -2.90. The fraction of sp³-hybridized carbons (Fsp3) is 0.452. The molecule has 5 amide bonds. The molecule has 3 rings (SSSR count). The van der Waals surface area contributed by atoms with Crippen molar-refractivity contribution in [1.29, 1.82) is 0 Å². The maximum absolute atomic E-state index is 13.7. The molecule has 0 radical (unpaired) electrons. The van der Waals surface area contributed by atoms with Gasteiger partial charge in [0.2, 0.25) is 17.7 Å². The van der Waals surface area contributed by atoms with Crippen molar-refractivity contribution in [1.82, 2.24) is 20.9 Å². The molecule has 1 fully saturated rings. The number of aliphatic hydroxyl groups excluding tert-OH is 1. The monoisotopic (exact) mass is 673 g/mol. The Bertz CT molecular complexity index is 1310. The van der Waals surface area contributed by atoms with E-state index >= 15 is 0 Å². The zero-order valence-electron chi connectivity index (χ0n) is 25.0. The number of nitrogens with zero attached hydrogens (tertiary/aromatic N) is 1. The number of likely N-dealkylation sites (tertiary alicyclic amines) is 1. The van der Waals surface area contributed by atoms with Gasteiger partial charge in [-0.25, -0.2) is 4.79 Å². The van der Waals surface area contributed by atoms with E-state index in [1.807, 2.05) is 26.8 Å². The fourth-order valence-corrected chi connectivity index (χ4v) is 5.45. The smallest absolute Gasteiger partial charge is 0.408 e. The first-order valence-electron chi connectivity index (χ1n) is 14.3. The van der Waals surface area contributed by atoms with Gasteiger partial charge < -0.3 is 36.4 Å². The molecular weight excluding hydrogens is 634 g/mol. The lowest BCUT2D eigenvalue weighted by Gasteiger charge is -2.32. The van der Waals surface area contributed by atoms with Gasteiger partial charge in [0, 0.05) is 16.9 Å². The molecule has 0 bridgehead atoms. The zero-order valence-corrected chi connectivity index (χ0v) is 26.6. The molecule has 1 saturated heterocycles. The predicted octanol–water partition coefficient (Wildman–Crippen LogP) is 1.52. The molecular formula is C31H40BrN5O7. The second-order valence-electron chi connectivity index (χ2n) is 11.8. The average Bonchev–Trinajstić information content (AvgIpc) is 3.36. The van der Waals surface area contributed by atoms with Crippen LogP contribution in [-0.2, 0) is 36.9 Å². The minimum atomic E-state index is -1.76. The van der Waals surface area contributed by atoms with E-state index in [-0.39, 0.29) is 30.3 Å². The molecule has 238 valence electrons. The van der Waals surface area contributed by atoms with E-state index in [4.69, 9.17) is 10.5 Å². The highest BCUT2D eigenvalue weighted by Crippen LogP contribution is 2.26. The summed E-state index contributed by atoms with van der Waals surface area (Å²) >= 11 is 3.49. The second-order valence-corrected chi connectivity index (χ2v) is 13.1. The molecule has 12 nitrogen and oxygen atoms in total. The topological polar surface area (TPSA) is 180 Å². The maximum Gasteiger partial charge on any atom is 0.408 e. The van der Waals surface area contributed by atoms with Gasteiger partial charge in [-0.3, -0.25) is 19.2 Å². The molecule has 13 heteroatoms. The first kappa shape index (κ1) is 34.5. The number of benzene rings is 2. The van der Waals surface area contributed by atoms with E-state index in [1.54, 1.807) is 54.6 Å². The van der Waals surface area contributed by atoms with E-state index in [0.29, 0.717) is 17.5 Å². The molecule has 1 heterocycles. The van der Waals surface area contributed by atoms with E-state index < -0.39 is 60.0 Å². The van der Waals surface area contributed by atoms with Crippen molar-refractivity contribution in [2.75, 3.05) is 6.54 Å². The lowest BCUT2D eigenvalue weighted by molar-refractivity contribution is -0.147. The van der Waals surface area contributed by atoms with Crippen LogP contribution in [0.1, 0.15) is 44.7 Å². The Morgan fingerprint density at radius 2 is 1.59 bits per heavy atom. The number of amides is 5. The third-order valence-corrected chi connectivity index (χ3v) is 7.48. The molecule has 2 aromatic rings. The summed E-state index contributed by atoms with van der Waals surface area (Å²) in [5.74, 6) is -2.82. The summed E-state index contributed by atoms with van der Waals surface area (Å²) in [7, 11) is 0. The standard InChI is InChI=1S/C31H40BrN5O7/c1-31(2,3)36-28(41)24-15-21(32)17-37(24)29(42)26(39)22(14-19-10-6-4-7-11-19)34-27(40)23(16-25(33)38)35-30(43)44-18-20-12-8-5-9-13-20/h4-13,21-24,26,39H,14-18H2,1-3H3,(H2,33,38)(H,34,40)(H,35,43)(H,36,41)/t21-,22-,23-,24-,26-/m0/s1. The van der Waals surface area contributed by atoms with Gasteiger partial charge in [0.15, 0.2) is 6.10 Å². The Kier molecular flexibility index (Phi) is 12.3. The number of nitrogens with two attached hydrogens (primary N) is 1. The Hall–Kier alpha value is -3.97. The molecule has 0 saturated carbocycles. The van der Waals surface area contributed by atoms with Crippen LogP contribution in [0.4, 0.5) is 4.79 Å². The maximum atomic E-state index is 13.7. The van der Waals surface area contributed by atoms with Gasteiger partial charge in [-0.1, -0.05) is 76.6 Å². The highest BCUT2D eigenvalue weighted by atomic mass is 79.9. The van der Waals surface area contributed by atoms with Crippen LogP contribution >= 0.6 is 15.9 Å². The molecule has 0 unspecified atom stereocenters. The van der Waals surface area contributed by atoms with Crippen molar-refractivity contribution < 1.29 is 33.8 Å². The third-order valence-electron chi connectivity index (χ3n) is 6.82. The number of carbonyl (C=O) groups excluding carboxylic acids is 5. The number of aliphatic hydroxyl groups is 1. The number of primary amides is 1. The van der Waals surface area contributed by atoms with Crippen molar-refractivity contribution in [3.8, 4) is 0 Å². The lowest BCUT2D eigenvalue weighted by atomic mass is 9.99. The molecule has 6 N–H and O–H groups in total. The van der Waals surface area contributed by atoms with Gasteiger partial charge in [0.1, 0.15) is 18.7 Å². The number of nitrogens with one attached hydrogen (secondary N) is 3. The molecule has 1 aliphatic heterocycles. The van der Waals surface area contributed by atoms with Crippen LogP contribution in [0.2, 0.25) is 0 Å². The van der Waals surface area contributed by atoms with Crippen LogP contribution in [0.25, 0.3) is 0 Å². The molecule has 0 aliphatic carbocycles. The number of ether oxygens (including phenoxy) is 1. The number of halogens is 1. The van der Waals surface area contributed by atoms with Crippen molar-refractivity contribution in [3.05, 3.63) is 71.8 Å². The van der Waals surface area contributed by atoms with Gasteiger partial charge >= 0.3 is 6.09 Å². The third kappa shape index (κ3) is 10.6. The first-order valence-corrected chi connectivity index (χ1v) is 15.2. The van der Waals surface area contributed by atoms with Crippen LogP contribution in [0.5, 0.6) is 0 Å². The van der Waals surface area contributed by atoms with Crippen LogP contribution in [0.15, 0.2) is 60.7 Å². The number of alkyl carbamates (subject to hydrolysis) is 1. The van der Waals surface area contributed by atoms with Crippen LogP contribution < -0.4 is 21.7 Å². The SMILES string of the molecule is CC(C)(C)NC(=O)[C@@H]1C[C@H](Br)CN1C(=O)[C@@H](O)[C@H](Cc1ccccc1)NC(=O)[C@H](CC(N)=O)NC(=O)OCc1ccccc1. The van der Waals surface area contributed by atoms with Gasteiger partial charge in [0.25, 0.3) is 5.91 Å². The summed E-state index contributed by atoms with van der Waals surface area (Å²) in [6, 6.07) is 14.3. The quantitative estimate of drug-likeness (QED) is 0.212. The predicted molar refractivity (Wildman–Crippen MR) is 166 cm³/mol. The fourth-order valence-electron chi connectivity index (χ4n) is 4.78. The Morgan fingerprint density at radius 3 is 2.16 bits per heavy atom. The van der Waals surface area contributed by atoms with Gasteiger partial charge in [-0.05, 0) is 44.7 Å². The number of alkyl halides is 1. The van der Waals surface area contributed by atoms with Crippen LogP contribution in [0.3, 0.4) is 0 Å². The number of hydrogen-bond acceptors (Lipinski definition) is 7. The first-order chi connectivity index (χ1) is 20.7. The summed E-state index contributed by atoms with van der Waals surface area (Å²) in [6.45, 7) is 5.57. The lowest BCUT2D eigenvalue weighted by Crippen LogP contribution is -2.59. The summed E-state index contributed by atoms with van der Waals surface area (Å²) < 4.78 is 5.19. The molecule has 2 aromatic carbocycles. The van der Waals surface area contributed by atoms with E-state index in [1.165, 1.54) is 4.90 Å². The van der Waals surface area contributed by atoms with Crippen molar-refractivity contribution in [2.24, 2.45) is 5.73 Å². The van der Waals surface area contributed by atoms with Gasteiger partial charge in [0.05, 0.1) is 12.5 Å². The minimum absolute atomic E-state index is 0.0334. The van der Waals surface area contributed by atoms with Crippen molar-refractivity contribution in [2.45, 2.75) is 81.2 Å². The van der Waals surface area contributed by atoms with E-state index in [2.05, 4.69) is 31.9 Å². The summed E-state index contributed by atoms with van der Waals surface area (Å²) in [5.41, 5.74) is 6.23. The summed E-state index contributed by atoms with van der Waals surface area (Å²) in [5, 5.41) is 19.2. The van der Waals surface area contributed by atoms with E-state index in [0.717, 1.165) is 0 Å². The number of hydrogen-bond donors (Lipinski definition) is 5. The molecule has 1 aliphatic rings. The molecule has 0 aromatic heterocycles. The van der Waals surface area contributed by atoms with Crippen molar-refractivity contribution >= 4 is 45.7 Å². The Balaban J connectivity index is 1.79. The summed E-state index contributed by atoms with van der Waals surface area (Å²) in [4.78, 5) is 65.6. The van der Waals surface area contributed by atoms with Gasteiger partial charge in [-0.15, -0.1) is 0 Å². The second kappa shape index (κ2) is 15.7. The molecule has 0 spiro atoms. The highest BCUT2D eigenvalue weighted by Gasteiger charge is 2.43. The van der Waals surface area contributed by atoms with Crippen molar-refractivity contribution in [3.63, 3.8) is 0 Å². The minimum Gasteiger partial charge on any atom is -0.445 e. The average molecular weight is 675 g/mol. The highest BCUT2D eigenvalue weighted by molar-refractivity contribution is 9.09. The number of rotatable bonds is 12.